The molecule has 19 heavy (non-hydrogen) atoms. The average molecular weight is 253 g/mol. The van der Waals surface area contributed by atoms with Crippen molar-refractivity contribution in [3.8, 4) is 0 Å². The molecule has 1 atom stereocenters. The van der Waals surface area contributed by atoms with E-state index in [9.17, 15) is 5.11 Å². The maximum absolute atomic E-state index is 9.88. The topological polar surface area (TPSA) is 32.3 Å². The molecule has 98 valence electrons. The molecule has 2 aromatic rings. The number of aryl methyl sites for hydroxylation is 1. The van der Waals surface area contributed by atoms with E-state index < -0.39 is 0 Å². The molecule has 3 rings (SSSR count). The van der Waals surface area contributed by atoms with Gasteiger partial charge in [-0.25, -0.2) is 0 Å². The van der Waals surface area contributed by atoms with E-state index in [0.717, 1.165) is 19.4 Å². The molecule has 0 aromatic heterocycles. The van der Waals surface area contributed by atoms with Crippen molar-refractivity contribution in [2.75, 3.05) is 6.61 Å². The lowest BCUT2D eigenvalue weighted by atomic mass is 9.92. The predicted molar refractivity (Wildman–Crippen MR) is 76.8 cm³/mol. The summed E-state index contributed by atoms with van der Waals surface area (Å²) in [4.78, 5) is 0. The van der Waals surface area contributed by atoms with Gasteiger partial charge in [-0.05, 0) is 29.5 Å². The lowest BCUT2D eigenvalue weighted by Gasteiger charge is -2.30. The Hall–Kier alpha value is -1.64. The molecule has 0 spiro atoms. The molecule has 0 radical (unpaired) electrons. The van der Waals surface area contributed by atoms with Crippen LogP contribution in [0.25, 0.3) is 0 Å². The number of hydrogen-bond donors (Lipinski definition) is 2. The summed E-state index contributed by atoms with van der Waals surface area (Å²) in [5.74, 6) is 0. The summed E-state index contributed by atoms with van der Waals surface area (Å²) in [6, 6.07) is 18.8. The van der Waals surface area contributed by atoms with Gasteiger partial charge in [0.25, 0.3) is 0 Å². The van der Waals surface area contributed by atoms with E-state index in [1.807, 2.05) is 18.2 Å². The zero-order valence-corrected chi connectivity index (χ0v) is 11.0. The zero-order chi connectivity index (χ0) is 13.1. The minimum atomic E-state index is -0.271. The van der Waals surface area contributed by atoms with Gasteiger partial charge in [0.05, 0.1) is 12.1 Å². The van der Waals surface area contributed by atoms with Crippen LogP contribution in [0.2, 0.25) is 0 Å². The van der Waals surface area contributed by atoms with Gasteiger partial charge >= 0.3 is 0 Å². The molecular weight excluding hydrogens is 234 g/mol. The molecule has 0 aliphatic heterocycles. The fourth-order valence-corrected chi connectivity index (χ4v) is 2.96. The molecular formula is C17H19NO. The number of fused-ring (bicyclic) bond motifs is 1. The maximum Gasteiger partial charge on any atom is 0.0677 e. The van der Waals surface area contributed by atoms with Gasteiger partial charge in [0.1, 0.15) is 0 Å². The van der Waals surface area contributed by atoms with Crippen molar-refractivity contribution in [2.45, 2.75) is 24.9 Å². The van der Waals surface area contributed by atoms with Crippen LogP contribution in [-0.4, -0.2) is 11.7 Å². The van der Waals surface area contributed by atoms with Crippen molar-refractivity contribution in [3.63, 3.8) is 0 Å². The van der Waals surface area contributed by atoms with Crippen molar-refractivity contribution < 1.29 is 5.11 Å². The highest BCUT2D eigenvalue weighted by atomic mass is 16.3. The Labute approximate surface area is 114 Å². The molecule has 1 aliphatic rings. The highest BCUT2D eigenvalue weighted by Crippen LogP contribution is 2.36. The summed E-state index contributed by atoms with van der Waals surface area (Å²) in [7, 11) is 0. The number of aliphatic hydroxyl groups excluding tert-OH is 1. The number of nitrogens with one attached hydrogen (secondary N) is 1. The van der Waals surface area contributed by atoms with Crippen LogP contribution in [0.4, 0.5) is 0 Å². The van der Waals surface area contributed by atoms with Crippen LogP contribution >= 0.6 is 0 Å². The minimum absolute atomic E-state index is 0.150. The lowest BCUT2D eigenvalue weighted by molar-refractivity contribution is 0.159. The molecule has 0 fully saturated rings. The van der Waals surface area contributed by atoms with E-state index in [1.54, 1.807) is 0 Å². The SMILES string of the molecule is OCC1(NCc2ccccc2)CCc2ccccc21. The van der Waals surface area contributed by atoms with Crippen molar-refractivity contribution in [1.82, 2.24) is 5.32 Å². The molecule has 1 aliphatic carbocycles. The van der Waals surface area contributed by atoms with Crippen molar-refractivity contribution in [2.24, 2.45) is 0 Å². The Balaban J connectivity index is 1.82. The van der Waals surface area contributed by atoms with Crippen LogP contribution in [0.5, 0.6) is 0 Å². The van der Waals surface area contributed by atoms with E-state index in [0.29, 0.717) is 0 Å². The monoisotopic (exact) mass is 253 g/mol. The molecule has 2 aromatic carbocycles. The summed E-state index contributed by atoms with van der Waals surface area (Å²) in [6.07, 6.45) is 2.01. The van der Waals surface area contributed by atoms with Crippen LogP contribution in [0.1, 0.15) is 23.1 Å². The minimum Gasteiger partial charge on any atom is -0.394 e. The van der Waals surface area contributed by atoms with Gasteiger partial charge < -0.3 is 10.4 Å². The molecule has 1 unspecified atom stereocenters. The largest absolute Gasteiger partial charge is 0.394 e. The second-order valence-electron chi connectivity index (χ2n) is 5.24. The van der Waals surface area contributed by atoms with Gasteiger partial charge in [-0.15, -0.1) is 0 Å². The third-order valence-electron chi connectivity index (χ3n) is 4.10. The molecule has 0 saturated heterocycles. The average Bonchev–Trinajstić information content (AvgIpc) is 2.86. The van der Waals surface area contributed by atoms with Crippen molar-refractivity contribution >= 4 is 0 Å². The second kappa shape index (κ2) is 5.16. The summed E-state index contributed by atoms with van der Waals surface area (Å²) in [6.45, 7) is 0.937. The predicted octanol–water partition coefficient (Wildman–Crippen LogP) is 2.61. The molecule has 2 heteroatoms. The first-order valence-electron chi connectivity index (χ1n) is 6.82. The molecule has 0 heterocycles. The van der Waals surface area contributed by atoms with E-state index in [1.165, 1.54) is 16.7 Å². The number of benzene rings is 2. The standard InChI is InChI=1S/C17H19NO/c19-13-17(18-12-14-6-2-1-3-7-14)11-10-15-8-4-5-9-16(15)17/h1-9,18-19H,10-13H2. The van der Waals surface area contributed by atoms with Crippen molar-refractivity contribution in [3.05, 3.63) is 71.3 Å². The Bertz CT molecular complexity index is 552. The van der Waals surface area contributed by atoms with E-state index in [2.05, 4.69) is 41.7 Å². The van der Waals surface area contributed by atoms with Crippen molar-refractivity contribution in [1.29, 1.82) is 0 Å². The number of rotatable bonds is 4. The summed E-state index contributed by atoms with van der Waals surface area (Å²) in [5, 5.41) is 13.4. The Morgan fingerprint density at radius 3 is 2.53 bits per heavy atom. The zero-order valence-electron chi connectivity index (χ0n) is 11.0. The van der Waals surface area contributed by atoms with Gasteiger partial charge in [-0.3, -0.25) is 0 Å². The third kappa shape index (κ3) is 2.29. The van der Waals surface area contributed by atoms with Crippen LogP contribution in [-0.2, 0) is 18.5 Å². The molecule has 2 nitrogen and oxygen atoms in total. The fourth-order valence-electron chi connectivity index (χ4n) is 2.96. The first-order chi connectivity index (χ1) is 9.34. The smallest absolute Gasteiger partial charge is 0.0677 e. The first-order valence-corrected chi connectivity index (χ1v) is 6.82. The van der Waals surface area contributed by atoms with Gasteiger partial charge in [-0.2, -0.15) is 0 Å². The van der Waals surface area contributed by atoms with E-state index in [-0.39, 0.29) is 12.1 Å². The molecule has 0 saturated carbocycles. The fraction of sp³-hybridized carbons (Fsp3) is 0.294. The van der Waals surface area contributed by atoms with Gasteiger partial charge in [-0.1, -0.05) is 54.6 Å². The van der Waals surface area contributed by atoms with E-state index in [4.69, 9.17) is 0 Å². The Kier molecular flexibility index (Phi) is 3.36. The lowest BCUT2D eigenvalue weighted by Crippen LogP contribution is -2.43. The summed E-state index contributed by atoms with van der Waals surface area (Å²) < 4.78 is 0. The first kappa shape index (κ1) is 12.4. The van der Waals surface area contributed by atoms with Crippen LogP contribution in [0.3, 0.4) is 0 Å². The maximum atomic E-state index is 9.88. The third-order valence-corrected chi connectivity index (χ3v) is 4.10. The number of aliphatic hydroxyl groups is 1. The summed E-state index contributed by atoms with van der Waals surface area (Å²) >= 11 is 0. The second-order valence-corrected chi connectivity index (χ2v) is 5.24. The van der Waals surface area contributed by atoms with Crippen LogP contribution in [0.15, 0.2) is 54.6 Å². The summed E-state index contributed by atoms with van der Waals surface area (Å²) in [5.41, 5.74) is 3.59. The molecule has 0 amide bonds. The highest BCUT2D eigenvalue weighted by Gasteiger charge is 2.37. The van der Waals surface area contributed by atoms with Crippen LogP contribution in [0, 0.1) is 0 Å². The Morgan fingerprint density at radius 2 is 1.74 bits per heavy atom. The van der Waals surface area contributed by atoms with Crippen LogP contribution < -0.4 is 5.32 Å². The van der Waals surface area contributed by atoms with Gasteiger partial charge in [0.15, 0.2) is 0 Å². The number of hydrogen-bond acceptors (Lipinski definition) is 2. The highest BCUT2D eigenvalue weighted by molar-refractivity contribution is 5.39. The van der Waals surface area contributed by atoms with Gasteiger partial charge in [0, 0.05) is 6.54 Å². The molecule has 0 bridgehead atoms. The molecule has 2 N–H and O–H groups in total. The van der Waals surface area contributed by atoms with E-state index >= 15 is 0 Å². The quantitative estimate of drug-likeness (QED) is 0.878. The van der Waals surface area contributed by atoms with Gasteiger partial charge in [0.2, 0.25) is 0 Å². The Morgan fingerprint density at radius 1 is 1.00 bits per heavy atom. The normalized spacial score (nSPS) is 21.3.